The molecule has 0 fully saturated rings. The van der Waals surface area contributed by atoms with E-state index in [1.54, 1.807) is 0 Å². The monoisotopic (exact) mass is 917 g/mol. The van der Waals surface area contributed by atoms with Gasteiger partial charge in [-0.15, -0.1) is 0 Å². The summed E-state index contributed by atoms with van der Waals surface area (Å²) in [5, 5.41) is 0. The number of nitrogens with zero attached hydrogens (tertiary/aromatic N) is 2. The Morgan fingerprint density at radius 3 is 0.970 bits per heavy atom. The van der Waals surface area contributed by atoms with Gasteiger partial charge in [-0.2, -0.15) is 0 Å². The van der Waals surface area contributed by atoms with Crippen LogP contribution in [0.4, 0.5) is 11.4 Å². The maximum absolute atomic E-state index is 5.24. The number of hydrogen-bond donors (Lipinski definition) is 0. The first-order chi connectivity index (χ1) is 32.9. The Morgan fingerprint density at radius 2 is 0.642 bits per heavy atom. The third-order valence-corrected chi connectivity index (χ3v) is 13.8. The van der Waals surface area contributed by atoms with E-state index in [1.165, 1.54) is 266 Å². The second-order valence-electron chi connectivity index (χ2n) is 21.0. The van der Waals surface area contributed by atoms with Gasteiger partial charge in [0.2, 0.25) is 0 Å². The topological polar surface area (TPSA) is 24.7 Å². The zero-order valence-corrected chi connectivity index (χ0v) is 45.5. The molecule has 0 amide bonds. The summed E-state index contributed by atoms with van der Waals surface area (Å²) in [7, 11) is 0. The minimum atomic E-state index is 0.779. The second kappa shape index (κ2) is 44.3. The lowest BCUT2D eigenvalue weighted by Crippen LogP contribution is -2.09. The average molecular weight is 918 g/mol. The van der Waals surface area contributed by atoms with Crippen LogP contribution in [-0.4, -0.2) is 11.4 Å². The highest BCUT2D eigenvalue weighted by molar-refractivity contribution is 6.53. The summed E-state index contributed by atoms with van der Waals surface area (Å²) in [6.07, 6.45) is 61.4. The largest absolute Gasteiger partial charge is 0.246 e. The van der Waals surface area contributed by atoms with Crippen molar-refractivity contribution in [3.05, 3.63) is 70.8 Å². The van der Waals surface area contributed by atoms with Crippen molar-refractivity contribution in [1.29, 1.82) is 0 Å². The summed E-state index contributed by atoms with van der Waals surface area (Å²) in [5.74, 6) is 7.10. The molecule has 0 aliphatic rings. The molecule has 67 heavy (non-hydrogen) atoms. The van der Waals surface area contributed by atoms with Crippen molar-refractivity contribution in [1.82, 2.24) is 0 Å². The van der Waals surface area contributed by atoms with Crippen molar-refractivity contribution in [3.8, 4) is 11.8 Å². The summed E-state index contributed by atoms with van der Waals surface area (Å²) >= 11 is 0. The molecule has 0 aromatic heterocycles. The Labute approximate surface area is 418 Å². The summed E-state index contributed by atoms with van der Waals surface area (Å²) in [4.78, 5) is 10.4. The van der Waals surface area contributed by atoms with Crippen molar-refractivity contribution < 1.29 is 0 Å². The summed E-state index contributed by atoms with van der Waals surface area (Å²) in [5.41, 5.74) is 8.50. The third kappa shape index (κ3) is 36.7. The second-order valence-corrected chi connectivity index (χ2v) is 21.0. The maximum atomic E-state index is 5.24. The molecule has 0 aliphatic carbocycles. The average Bonchev–Trinajstić information content (AvgIpc) is 3.29. The number of benzene rings is 2. The molecule has 2 heteroatoms. The summed E-state index contributed by atoms with van der Waals surface area (Å²) in [6.45, 7) is 13.2. The van der Waals surface area contributed by atoms with E-state index < -0.39 is 0 Å². The molecular weight excluding hydrogens is 809 g/mol. The van der Waals surface area contributed by atoms with E-state index in [0.29, 0.717) is 0 Å². The zero-order chi connectivity index (χ0) is 48.1. The predicted molar refractivity (Wildman–Crippen MR) is 304 cm³/mol. The lowest BCUT2D eigenvalue weighted by molar-refractivity contribution is 0.516. The molecule has 0 bridgehead atoms. The van der Waals surface area contributed by atoms with E-state index in [1.807, 2.05) is 0 Å². The standard InChI is InChI=1S/C65H108N2/c1-7-9-11-13-15-17-19-21-23-25-26-27-28-29-30-31-32-33-34-35-37-39-41-43-45-47-49-51-65(67-63-56-60(5)53-61(6)57-63)64(66-62-54-58(3)52-59(4)55-62)50-48-46-44-42-40-38-36-24-22-20-18-16-14-12-10-8-2/h48,50,52-57H,7-47H2,1-6H3. The highest BCUT2D eigenvalue weighted by Gasteiger charge is 2.08. The highest BCUT2D eigenvalue weighted by atomic mass is 14.8. The number of unbranched alkanes of at least 4 members (excludes halogenated alkanes) is 39. The molecule has 2 nitrogen and oxygen atoms in total. The van der Waals surface area contributed by atoms with Gasteiger partial charge in [0.15, 0.2) is 0 Å². The van der Waals surface area contributed by atoms with E-state index in [4.69, 9.17) is 9.98 Å². The molecule has 0 radical (unpaired) electrons. The first-order valence-corrected chi connectivity index (χ1v) is 29.4. The number of rotatable bonds is 44. The molecule has 0 spiro atoms. The van der Waals surface area contributed by atoms with Crippen LogP contribution in [-0.2, 0) is 0 Å². The number of aliphatic imine (C=N–C) groups is 2. The van der Waals surface area contributed by atoms with Crippen LogP contribution < -0.4 is 0 Å². The van der Waals surface area contributed by atoms with E-state index in [0.717, 1.165) is 42.1 Å². The highest BCUT2D eigenvalue weighted by Crippen LogP contribution is 2.22. The van der Waals surface area contributed by atoms with Crippen molar-refractivity contribution in [3.63, 3.8) is 0 Å². The quantitative estimate of drug-likeness (QED) is 0.0359. The first kappa shape index (κ1) is 60.2. The lowest BCUT2D eigenvalue weighted by atomic mass is 10.0. The molecule has 2 aromatic carbocycles. The van der Waals surface area contributed by atoms with E-state index in [2.05, 4.69) is 102 Å². The van der Waals surface area contributed by atoms with Crippen LogP contribution in [0.5, 0.6) is 0 Å². The van der Waals surface area contributed by atoms with Gasteiger partial charge in [-0.3, -0.25) is 0 Å². The van der Waals surface area contributed by atoms with E-state index >= 15 is 0 Å². The van der Waals surface area contributed by atoms with Crippen LogP contribution in [0.3, 0.4) is 0 Å². The fraction of sp³-hybridized carbons (Fsp3) is 0.723. The molecular formula is C65H108N2. The Hall–Kier alpha value is -2.92. The molecule has 2 aromatic rings. The molecule has 0 atom stereocenters. The number of aryl methyl sites for hydroxylation is 4. The molecule has 0 unspecified atom stereocenters. The number of hydrogen-bond acceptors (Lipinski definition) is 2. The Bertz CT molecular complexity index is 1570. The van der Waals surface area contributed by atoms with Crippen molar-refractivity contribution >= 4 is 22.8 Å². The van der Waals surface area contributed by atoms with Gasteiger partial charge in [0.05, 0.1) is 17.1 Å². The van der Waals surface area contributed by atoms with Gasteiger partial charge in [0.1, 0.15) is 5.71 Å². The third-order valence-electron chi connectivity index (χ3n) is 13.8. The minimum Gasteiger partial charge on any atom is -0.246 e. The molecule has 0 N–H and O–H groups in total. The van der Waals surface area contributed by atoms with Crippen LogP contribution >= 0.6 is 0 Å². The normalized spacial score (nSPS) is 12.1. The smallest absolute Gasteiger partial charge is 0.139 e. The van der Waals surface area contributed by atoms with Gasteiger partial charge in [-0.05, 0) is 105 Å². The van der Waals surface area contributed by atoms with Gasteiger partial charge in [-0.25, -0.2) is 9.98 Å². The van der Waals surface area contributed by atoms with Gasteiger partial charge in [-0.1, -0.05) is 276 Å². The Balaban J connectivity index is 1.73. The molecule has 0 saturated heterocycles. The molecule has 0 aliphatic heterocycles. The van der Waals surface area contributed by atoms with Crippen molar-refractivity contribution in [2.45, 2.75) is 305 Å². The Morgan fingerprint density at radius 1 is 0.358 bits per heavy atom. The maximum Gasteiger partial charge on any atom is 0.139 e. The summed E-state index contributed by atoms with van der Waals surface area (Å²) < 4.78 is 0. The van der Waals surface area contributed by atoms with Gasteiger partial charge in [0.25, 0.3) is 0 Å². The van der Waals surface area contributed by atoms with Gasteiger partial charge < -0.3 is 0 Å². The van der Waals surface area contributed by atoms with Gasteiger partial charge in [0, 0.05) is 6.42 Å². The minimum absolute atomic E-state index is 0.779. The zero-order valence-electron chi connectivity index (χ0n) is 45.5. The van der Waals surface area contributed by atoms with Crippen LogP contribution in [0.1, 0.15) is 299 Å². The van der Waals surface area contributed by atoms with Crippen molar-refractivity contribution in [2.75, 3.05) is 0 Å². The van der Waals surface area contributed by atoms with Gasteiger partial charge >= 0.3 is 0 Å². The molecule has 2 rings (SSSR count). The molecule has 378 valence electrons. The van der Waals surface area contributed by atoms with Crippen LogP contribution in [0.15, 0.2) is 58.5 Å². The van der Waals surface area contributed by atoms with Crippen molar-refractivity contribution in [2.24, 2.45) is 9.98 Å². The fourth-order valence-corrected chi connectivity index (χ4v) is 9.77. The Kier molecular flexibility index (Phi) is 39.8. The predicted octanol–water partition coefficient (Wildman–Crippen LogP) is 22.4. The van der Waals surface area contributed by atoms with Crippen LogP contribution in [0.2, 0.25) is 0 Å². The first-order valence-electron chi connectivity index (χ1n) is 29.4. The molecule has 0 saturated carbocycles. The fourth-order valence-electron chi connectivity index (χ4n) is 9.77. The van der Waals surface area contributed by atoms with E-state index in [9.17, 15) is 0 Å². The molecule has 0 heterocycles. The summed E-state index contributed by atoms with van der Waals surface area (Å²) in [6, 6.07) is 13.1. The van der Waals surface area contributed by atoms with E-state index in [-0.39, 0.29) is 0 Å². The SMILES string of the molecule is CCCCCCCCCCCCCCCCC=CC(=Nc1cc(C)cc(C)c1)C(C#CCCCCCCCCCCCCCCCCCCCCCCCCCCC)=Nc1cc(C)cc(C)c1. The lowest BCUT2D eigenvalue weighted by Gasteiger charge is -2.06. The van der Waals surface area contributed by atoms with Crippen LogP contribution in [0, 0.1) is 39.5 Å². The number of allylic oxidation sites excluding steroid dienone is 2. The van der Waals surface area contributed by atoms with Crippen LogP contribution in [0.25, 0.3) is 0 Å².